The van der Waals surface area contributed by atoms with Gasteiger partial charge in [-0.2, -0.15) is 12.6 Å². The molecule has 1 saturated carbocycles. The van der Waals surface area contributed by atoms with E-state index in [-0.39, 0.29) is 23.7 Å². The van der Waals surface area contributed by atoms with E-state index in [2.05, 4.69) is 32.3 Å². The highest BCUT2D eigenvalue weighted by Gasteiger charge is 2.32. The fourth-order valence-corrected chi connectivity index (χ4v) is 4.19. The first-order valence-electron chi connectivity index (χ1n) is 10.1. The van der Waals surface area contributed by atoms with Crippen LogP contribution in [0.2, 0.25) is 0 Å². The van der Waals surface area contributed by atoms with Crippen LogP contribution in [0.5, 0.6) is 5.75 Å². The third-order valence-electron chi connectivity index (χ3n) is 5.46. The largest absolute Gasteiger partial charge is 0.573 e. The van der Waals surface area contributed by atoms with Gasteiger partial charge in [0.1, 0.15) is 11.2 Å². The second-order valence-electron chi connectivity index (χ2n) is 7.55. The molecule has 3 heterocycles. The van der Waals surface area contributed by atoms with E-state index >= 15 is 0 Å². The summed E-state index contributed by atoms with van der Waals surface area (Å²) in [4.78, 5) is 26.4. The Morgan fingerprint density at radius 3 is 2.68 bits per heavy atom. The Balaban J connectivity index is 1.85. The first-order valence-corrected chi connectivity index (χ1v) is 10.7. The zero-order chi connectivity index (χ0) is 22.0. The van der Waals surface area contributed by atoms with Crippen LogP contribution in [0.25, 0.3) is 11.2 Å². The fraction of sp³-hybridized carbons (Fsp3) is 0.429. The molecule has 6 nitrogen and oxygen atoms in total. The number of ether oxygens (including phenoxy) is 1. The maximum Gasteiger partial charge on any atom is 0.573 e. The Kier molecular flexibility index (Phi) is 6.17. The maximum atomic E-state index is 13.4. The number of alkyl halides is 3. The summed E-state index contributed by atoms with van der Waals surface area (Å²) in [5.41, 5.74) is 1.78. The molecule has 0 radical (unpaired) electrons. The van der Waals surface area contributed by atoms with Gasteiger partial charge in [-0.25, -0.2) is 9.97 Å². The lowest BCUT2D eigenvalue weighted by Gasteiger charge is -2.23. The molecule has 0 aliphatic heterocycles. The van der Waals surface area contributed by atoms with E-state index in [0.717, 1.165) is 32.1 Å². The normalized spacial score (nSPS) is 15.4. The van der Waals surface area contributed by atoms with Gasteiger partial charge in [-0.1, -0.05) is 19.3 Å². The number of hydrogen-bond donors (Lipinski definition) is 1. The van der Waals surface area contributed by atoms with Crippen LogP contribution >= 0.6 is 12.6 Å². The van der Waals surface area contributed by atoms with E-state index in [4.69, 9.17) is 0 Å². The van der Waals surface area contributed by atoms with E-state index in [1.807, 2.05) is 0 Å². The summed E-state index contributed by atoms with van der Waals surface area (Å²) < 4.78 is 44.0. The zero-order valence-electron chi connectivity index (χ0n) is 16.6. The Morgan fingerprint density at radius 1 is 1.19 bits per heavy atom. The lowest BCUT2D eigenvalue weighted by atomic mass is 9.84. The van der Waals surface area contributed by atoms with Crippen LogP contribution in [-0.2, 0) is 12.3 Å². The monoisotopic (exact) mass is 450 g/mol. The zero-order valence-corrected chi connectivity index (χ0v) is 17.5. The van der Waals surface area contributed by atoms with Crippen molar-refractivity contribution in [2.24, 2.45) is 0 Å². The molecule has 0 amide bonds. The number of thiol groups is 1. The Labute approximate surface area is 181 Å². The highest BCUT2D eigenvalue weighted by Crippen LogP contribution is 2.32. The van der Waals surface area contributed by atoms with Gasteiger partial charge < -0.3 is 4.74 Å². The van der Waals surface area contributed by atoms with Crippen LogP contribution in [0.3, 0.4) is 0 Å². The highest BCUT2D eigenvalue weighted by molar-refractivity contribution is 7.79. The topological polar surface area (TPSA) is 69.9 Å². The molecule has 0 atom stereocenters. The molecular weight excluding hydrogens is 429 g/mol. The molecular formula is C21H21F3N4O2S. The summed E-state index contributed by atoms with van der Waals surface area (Å²) >= 11 is 4.24. The molecule has 0 saturated heterocycles. The molecule has 10 heteroatoms. The molecule has 31 heavy (non-hydrogen) atoms. The number of rotatable bonds is 5. The highest BCUT2D eigenvalue weighted by atomic mass is 32.1. The van der Waals surface area contributed by atoms with Crippen LogP contribution in [-0.4, -0.2) is 25.9 Å². The third-order valence-corrected chi connectivity index (χ3v) is 5.78. The number of nitrogens with zero attached hydrogens (tertiary/aromatic N) is 4. The molecule has 0 bridgehead atoms. The molecule has 3 aromatic heterocycles. The summed E-state index contributed by atoms with van der Waals surface area (Å²) in [5, 5.41) is 0. The summed E-state index contributed by atoms with van der Waals surface area (Å²) in [6.07, 6.45) is 3.00. The predicted molar refractivity (Wildman–Crippen MR) is 112 cm³/mol. The molecule has 164 valence electrons. The lowest BCUT2D eigenvalue weighted by Crippen LogP contribution is -2.29. The second kappa shape index (κ2) is 8.86. The minimum absolute atomic E-state index is 0.0101. The van der Waals surface area contributed by atoms with Crippen LogP contribution in [0.1, 0.15) is 55.0 Å². The average Bonchev–Trinajstić information content (AvgIpc) is 2.76. The minimum atomic E-state index is -4.87. The summed E-state index contributed by atoms with van der Waals surface area (Å²) in [6.45, 7) is -0.211. The first kappa shape index (κ1) is 21.6. The molecule has 1 aliphatic rings. The van der Waals surface area contributed by atoms with E-state index < -0.39 is 12.1 Å². The van der Waals surface area contributed by atoms with Gasteiger partial charge >= 0.3 is 6.36 Å². The standard InChI is InChI=1S/C21H21F3N4O2S/c22-21(23,24)30-18-7-4-8-25-17(18)11-28-19-16(27-14(12-31)10-26-19)9-15(20(28)29)13-5-2-1-3-6-13/h4,7-10,13,31H,1-3,5-6,11-12H2. The fourth-order valence-electron chi connectivity index (χ4n) is 4.04. The van der Waals surface area contributed by atoms with Gasteiger partial charge in [0.15, 0.2) is 11.4 Å². The Morgan fingerprint density at radius 2 is 1.97 bits per heavy atom. The quantitative estimate of drug-likeness (QED) is 0.575. The molecule has 0 unspecified atom stereocenters. The van der Waals surface area contributed by atoms with Crippen molar-refractivity contribution in [3.8, 4) is 5.75 Å². The smallest absolute Gasteiger partial charge is 0.404 e. The molecule has 3 aromatic rings. The van der Waals surface area contributed by atoms with Gasteiger partial charge in [0, 0.05) is 17.5 Å². The van der Waals surface area contributed by atoms with Gasteiger partial charge in [-0.05, 0) is 37.0 Å². The molecule has 0 N–H and O–H groups in total. The van der Waals surface area contributed by atoms with Crippen LogP contribution in [0, 0.1) is 0 Å². The minimum Gasteiger partial charge on any atom is -0.404 e. The van der Waals surface area contributed by atoms with E-state index in [0.29, 0.717) is 28.2 Å². The van der Waals surface area contributed by atoms with Crippen LogP contribution in [0.4, 0.5) is 13.2 Å². The van der Waals surface area contributed by atoms with Crippen molar-refractivity contribution in [3.05, 3.63) is 57.9 Å². The van der Waals surface area contributed by atoms with Crippen molar-refractivity contribution >= 4 is 23.8 Å². The van der Waals surface area contributed by atoms with Gasteiger partial charge in [-0.15, -0.1) is 13.2 Å². The van der Waals surface area contributed by atoms with Crippen molar-refractivity contribution in [2.45, 2.75) is 56.7 Å². The van der Waals surface area contributed by atoms with Gasteiger partial charge in [0.25, 0.3) is 5.56 Å². The van der Waals surface area contributed by atoms with Crippen molar-refractivity contribution in [1.82, 2.24) is 19.5 Å². The van der Waals surface area contributed by atoms with E-state index in [9.17, 15) is 18.0 Å². The lowest BCUT2D eigenvalue weighted by molar-refractivity contribution is -0.275. The van der Waals surface area contributed by atoms with Gasteiger partial charge in [0.05, 0.1) is 18.4 Å². The molecule has 0 aromatic carbocycles. The van der Waals surface area contributed by atoms with E-state index in [1.54, 1.807) is 6.07 Å². The molecule has 1 fully saturated rings. The van der Waals surface area contributed by atoms with E-state index in [1.165, 1.54) is 29.1 Å². The van der Waals surface area contributed by atoms with Gasteiger partial charge in [-0.3, -0.25) is 14.3 Å². The van der Waals surface area contributed by atoms with Crippen molar-refractivity contribution in [2.75, 3.05) is 0 Å². The third kappa shape index (κ3) is 4.84. The van der Waals surface area contributed by atoms with Crippen molar-refractivity contribution in [3.63, 3.8) is 0 Å². The summed E-state index contributed by atoms with van der Waals surface area (Å²) in [6, 6.07) is 4.30. The average molecular weight is 450 g/mol. The summed E-state index contributed by atoms with van der Waals surface area (Å²) in [5.74, 6) is 0.0241. The molecule has 1 aliphatic carbocycles. The predicted octanol–water partition coefficient (Wildman–Crippen LogP) is 4.61. The first-order chi connectivity index (χ1) is 14.9. The van der Waals surface area contributed by atoms with Crippen LogP contribution < -0.4 is 10.3 Å². The number of aromatic nitrogens is 4. The van der Waals surface area contributed by atoms with Crippen molar-refractivity contribution < 1.29 is 17.9 Å². The number of hydrogen-bond acceptors (Lipinski definition) is 6. The SMILES string of the molecule is O=c1c(C2CCCCC2)cc2nc(CS)cnc2n1Cc1ncccc1OC(F)(F)F. The number of pyridine rings is 2. The number of fused-ring (bicyclic) bond motifs is 1. The second-order valence-corrected chi connectivity index (χ2v) is 7.87. The van der Waals surface area contributed by atoms with Crippen LogP contribution in [0.15, 0.2) is 35.4 Å². The summed E-state index contributed by atoms with van der Waals surface area (Å²) in [7, 11) is 0. The Bertz CT molecular complexity index is 1140. The maximum absolute atomic E-state index is 13.4. The Hall–Kier alpha value is -2.62. The molecule has 4 rings (SSSR count). The molecule has 0 spiro atoms. The van der Waals surface area contributed by atoms with Gasteiger partial charge in [0.2, 0.25) is 0 Å². The number of halogens is 3. The van der Waals surface area contributed by atoms with Crippen molar-refractivity contribution in [1.29, 1.82) is 0 Å².